The third-order valence-electron chi connectivity index (χ3n) is 4.51. The van der Waals surface area contributed by atoms with Crippen LogP contribution >= 0.6 is 39.9 Å². The normalized spacial score (nSPS) is 20.0. The van der Waals surface area contributed by atoms with E-state index < -0.39 is 0 Å². The van der Waals surface area contributed by atoms with Gasteiger partial charge >= 0.3 is 0 Å². The fraction of sp³-hybridized carbons (Fsp3) is 0.421. The molecule has 138 valence electrons. The Morgan fingerprint density at radius 2 is 1.92 bits per heavy atom. The molecule has 0 spiro atoms. The van der Waals surface area contributed by atoms with Crippen molar-refractivity contribution in [2.75, 3.05) is 11.4 Å². The van der Waals surface area contributed by atoms with Gasteiger partial charge in [0.2, 0.25) is 0 Å². The van der Waals surface area contributed by atoms with E-state index in [2.05, 4.69) is 22.9 Å². The van der Waals surface area contributed by atoms with Crippen LogP contribution < -0.4 is 4.90 Å². The van der Waals surface area contributed by atoms with Gasteiger partial charge in [0.05, 0.1) is 16.2 Å². The number of benzene rings is 1. The van der Waals surface area contributed by atoms with Crippen molar-refractivity contribution in [1.82, 2.24) is 4.90 Å². The van der Waals surface area contributed by atoms with Crippen molar-refractivity contribution in [2.24, 2.45) is 0 Å². The lowest BCUT2D eigenvalue weighted by Crippen LogP contribution is -2.35. The zero-order valence-corrected chi connectivity index (χ0v) is 18.3. The molecule has 26 heavy (non-hydrogen) atoms. The van der Waals surface area contributed by atoms with E-state index in [-0.39, 0.29) is 17.9 Å². The second kappa shape index (κ2) is 7.82. The van der Waals surface area contributed by atoms with Crippen LogP contribution in [-0.4, -0.2) is 33.6 Å². The van der Waals surface area contributed by atoms with Gasteiger partial charge in [0.15, 0.2) is 0 Å². The Balaban J connectivity index is 2.08. The molecule has 3 rings (SSSR count). The summed E-state index contributed by atoms with van der Waals surface area (Å²) in [6, 6.07) is 5.77. The molecule has 1 aromatic carbocycles. The van der Waals surface area contributed by atoms with Crippen LogP contribution in [0.5, 0.6) is 0 Å². The van der Waals surface area contributed by atoms with Crippen molar-refractivity contribution in [3.05, 3.63) is 33.1 Å². The maximum absolute atomic E-state index is 13.2. The number of anilines is 1. The van der Waals surface area contributed by atoms with E-state index >= 15 is 0 Å². The molecule has 1 saturated heterocycles. The van der Waals surface area contributed by atoms with E-state index in [0.29, 0.717) is 21.3 Å². The van der Waals surface area contributed by atoms with Crippen LogP contribution in [0.4, 0.5) is 5.69 Å². The van der Waals surface area contributed by atoms with Crippen LogP contribution in [0.1, 0.15) is 45.6 Å². The van der Waals surface area contributed by atoms with Gasteiger partial charge in [-0.25, -0.2) is 0 Å². The Morgan fingerprint density at radius 1 is 1.19 bits per heavy atom. The number of halogens is 1. The Morgan fingerprint density at radius 3 is 2.54 bits per heavy atom. The second-order valence-corrected chi connectivity index (χ2v) is 9.23. The molecule has 0 unspecified atom stereocenters. The Bertz CT molecular complexity index is 820. The highest BCUT2D eigenvalue weighted by Gasteiger charge is 2.42. The van der Waals surface area contributed by atoms with E-state index in [1.54, 1.807) is 9.80 Å². The first-order valence-corrected chi connectivity index (χ1v) is 10.8. The van der Waals surface area contributed by atoms with Crippen LogP contribution in [0.25, 0.3) is 5.57 Å². The number of carbonyl (C=O) groups is 2. The van der Waals surface area contributed by atoms with Crippen LogP contribution in [0.3, 0.4) is 0 Å². The topological polar surface area (TPSA) is 40.6 Å². The van der Waals surface area contributed by atoms with Crippen LogP contribution in [0.15, 0.2) is 27.6 Å². The molecule has 1 fully saturated rings. The van der Waals surface area contributed by atoms with Gasteiger partial charge in [-0.2, -0.15) is 0 Å². The number of unbranched alkanes of at least 4 members (excludes halogenated alkanes) is 2. The molecule has 2 aliphatic rings. The number of thioether (sulfide) groups is 1. The first kappa shape index (κ1) is 19.6. The molecule has 2 aliphatic heterocycles. The van der Waals surface area contributed by atoms with E-state index in [0.717, 1.165) is 35.0 Å². The molecule has 0 N–H and O–H groups in total. The summed E-state index contributed by atoms with van der Waals surface area (Å²) in [5.74, 6) is -0.266. The molecule has 0 bridgehead atoms. The predicted molar refractivity (Wildman–Crippen MR) is 115 cm³/mol. The highest BCUT2D eigenvalue weighted by atomic mass is 79.9. The van der Waals surface area contributed by atoms with Gasteiger partial charge in [-0.15, -0.1) is 0 Å². The van der Waals surface area contributed by atoms with Crippen molar-refractivity contribution in [3.8, 4) is 0 Å². The fourth-order valence-corrected chi connectivity index (χ4v) is 5.20. The summed E-state index contributed by atoms with van der Waals surface area (Å²) >= 11 is 10.1. The number of amides is 2. The number of hydrogen-bond donors (Lipinski definition) is 0. The predicted octanol–water partition coefficient (Wildman–Crippen LogP) is 4.97. The Labute approximate surface area is 172 Å². The molecule has 0 radical (unpaired) electrons. The zero-order chi connectivity index (χ0) is 19.0. The number of nitrogens with zero attached hydrogens (tertiary/aromatic N) is 2. The molecule has 0 atom stereocenters. The van der Waals surface area contributed by atoms with Gasteiger partial charge in [0.25, 0.3) is 11.8 Å². The molecular weight excluding hydrogens is 432 g/mol. The third kappa shape index (κ3) is 3.37. The number of fused-ring (bicyclic) bond motifs is 1. The van der Waals surface area contributed by atoms with E-state index in [1.165, 1.54) is 11.8 Å². The quantitative estimate of drug-likeness (QED) is 0.359. The van der Waals surface area contributed by atoms with Crippen molar-refractivity contribution < 1.29 is 9.59 Å². The molecule has 0 aromatic heterocycles. The summed E-state index contributed by atoms with van der Waals surface area (Å²) in [5, 5.41) is 0. The highest BCUT2D eigenvalue weighted by molar-refractivity contribution is 9.10. The van der Waals surface area contributed by atoms with Gasteiger partial charge in [-0.05, 0) is 38.5 Å². The summed E-state index contributed by atoms with van der Waals surface area (Å²) < 4.78 is 1.40. The molecule has 0 saturated carbocycles. The second-order valence-electron chi connectivity index (χ2n) is 6.67. The number of rotatable bonds is 5. The Kier molecular flexibility index (Phi) is 5.89. The zero-order valence-electron chi connectivity index (χ0n) is 15.0. The molecule has 1 aromatic rings. The SMILES string of the molecule is CCCCCN1C(=O)/C(=C2\SC(=S)N(C(C)C)C2=O)c2cc(Br)ccc21. The smallest absolute Gasteiger partial charge is 0.267 e. The summed E-state index contributed by atoms with van der Waals surface area (Å²) in [7, 11) is 0. The van der Waals surface area contributed by atoms with E-state index in [4.69, 9.17) is 12.2 Å². The van der Waals surface area contributed by atoms with Gasteiger partial charge in [0, 0.05) is 22.6 Å². The van der Waals surface area contributed by atoms with Gasteiger partial charge in [-0.3, -0.25) is 14.5 Å². The summed E-state index contributed by atoms with van der Waals surface area (Å²) in [6.07, 6.45) is 3.10. The minimum Gasteiger partial charge on any atom is -0.308 e. The number of thiocarbonyl (C=S) groups is 1. The molecule has 2 heterocycles. The highest BCUT2D eigenvalue weighted by Crippen LogP contribution is 2.45. The maximum atomic E-state index is 13.2. The summed E-state index contributed by atoms with van der Waals surface area (Å²) in [6.45, 7) is 6.65. The molecule has 0 aliphatic carbocycles. The lowest BCUT2D eigenvalue weighted by molar-refractivity contribution is -0.123. The van der Waals surface area contributed by atoms with Crippen molar-refractivity contribution in [2.45, 2.75) is 46.1 Å². The molecule has 7 heteroatoms. The van der Waals surface area contributed by atoms with E-state index in [9.17, 15) is 9.59 Å². The number of carbonyl (C=O) groups excluding carboxylic acids is 2. The van der Waals surface area contributed by atoms with E-state index in [1.807, 2.05) is 32.0 Å². The average molecular weight is 453 g/mol. The van der Waals surface area contributed by atoms with Gasteiger partial charge in [0.1, 0.15) is 4.32 Å². The molecule has 4 nitrogen and oxygen atoms in total. The van der Waals surface area contributed by atoms with Crippen LogP contribution in [-0.2, 0) is 9.59 Å². The molecular formula is C19H21BrN2O2S2. The average Bonchev–Trinajstić information content (AvgIpc) is 3.01. The summed E-state index contributed by atoms with van der Waals surface area (Å²) in [5.41, 5.74) is 2.17. The minimum absolute atomic E-state index is 0.0280. The first-order valence-electron chi connectivity index (χ1n) is 8.78. The summed E-state index contributed by atoms with van der Waals surface area (Å²) in [4.78, 5) is 30.0. The lowest BCUT2D eigenvalue weighted by Gasteiger charge is -2.18. The fourth-order valence-electron chi connectivity index (χ4n) is 3.24. The first-order chi connectivity index (χ1) is 12.4. The Hall–Kier alpha value is -1.18. The van der Waals surface area contributed by atoms with Gasteiger partial charge in [-0.1, -0.05) is 59.7 Å². The lowest BCUT2D eigenvalue weighted by atomic mass is 10.1. The minimum atomic E-state index is -0.167. The monoisotopic (exact) mass is 452 g/mol. The van der Waals surface area contributed by atoms with Crippen molar-refractivity contribution >= 4 is 67.3 Å². The van der Waals surface area contributed by atoms with Crippen molar-refractivity contribution in [1.29, 1.82) is 0 Å². The molecule has 2 amide bonds. The number of hydrogen-bond acceptors (Lipinski definition) is 4. The largest absolute Gasteiger partial charge is 0.308 e. The standard InChI is InChI=1S/C19H21BrN2O2S2/c1-4-5-6-9-21-14-8-7-12(20)10-13(14)15(17(21)23)16-18(24)22(11(2)3)19(25)26-16/h7-8,10-11H,4-6,9H2,1-3H3/b16-15-. The van der Waals surface area contributed by atoms with Crippen LogP contribution in [0.2, 0.25) is 0 Å². The van der Waals surface area contributed by atoms with Crippen LogP contribution in [0, 0.1) is 0 Å². The third-order valence-corrected chi connectivity index (χ3v) is 6.40. The van der Waals surface area contributed by atoms with Gasteiger partial charge < -0.3 is 4.90 Å². The van der Waals surface area contributed by atoms with Crippen molar-refractivity contribution in [3.63, 3.8) is 0 Å². The maximum Gasteiger partial charge on any atom is 0.267 e.